The lowest BCUT2D eigenvalue weighted by molar-refractivity contribution is -0.142. The molecule has 0 aromatic heterocycles. The molecule has 23 heavy (non-hydrogen) atoms. The Labute approximate surface area is 137 Å². The van der Waals surface area contributed by atoms with Crippen molar-refractivity contribution in [1.82, 2.24) is 0 Å². The maximum absolute atomic E-state index is 11.2. The second-order valence-electron chi connectivity index (χ2n) is 5.70. The number of carbonyl (C=O) groups is 1. The van der Waals surface area contributed by atoms with Gasteiger partial charge in [0.25, 0.3) is 0 Å². The van der Waals surface area contributed by atoms with Gasteiger partial charge in [-0.15, -0.1) is 0 Å². The first-order valence-corrected chi connectivity index (χ1v) is 7.62. The summed E-state index contributed by atoms with van der Waals surface area (Å²) in [6.45, 7) is 4.20. The molecule has 0 fully saturated rings. The largest absolute Gasteiger partial charge is 0.493 e. The number of aliphatic carboxylic acids is 1. The molecule has 6 nitrogen and oxygen atoms in total. The number of hydrogen-bond donors (Lipinski definition) is 2. The van der Waals surface area contributed by atoms with E-state index < -0.39 is 11.9 Å². The Balaban J connectivity index is 3.11. The molecular weight excluding hydrogens is 298 g/mol. The molecule has 0 aliphatic carbocycles. The fourth-order valence-electron chi connectivity index (χ4n) is 2.74. The number of hydrogen-bond acceptors (Lipinski definition) is 5. The van der Waals surface area contributed by atoms with Crippen LogP contribution >= 0.6 is 0 Å². The summed E-state index contributed by atoms with van der Waals surface area (Å²) in [6, 6.07) is 3.76. The van der Waals surface area contributed by atoms with Crippen LogP contribution in [0.15, 0.2) is 12.1 Å². The lowest BCUT2D eigenvalue weighted by Gasteiger charge is -2.25. The molecule has 3 atom stereocenters. The van der Waals surface area contributed by atoms with Gasteiger partial charge in [0.15, 0.2) is 11.5 Å². The van der Waals surface area contributed by atoms with Crippen LogP contribution in [-0.2, 0) is 4.79 Å². The smallest absolute Gasteiger partial charge is 0.307 e. The van der Waals surface area contributed by atoms with Gasteiger partial charge in [0, 0.05) is 12.1 Å². The van der Waals surface area contributed by atoms with Crippen LogP contribution in [0.5, 0.6) is 17.2 Å². The summed E-state index contributed by atoms with van der Waals surface area (Å²) in [7, 11) is 4.72. The zero-order chi connectivity index (χ0) is 17.6. The highest BCUT2D eigenvalue weighted by molar-refractivity contribution is 5.70. The fraction of sp³-hybridized carbons (Fsp3) is 0.588. The predicted molar refractivity (Wildman–Crippen MR) is 88.5 cm³/mol. The Morgan fingerprint density at radius 3 is 2.17 bits per heavy atom. The minimum Gasteiger partial charge on any atom is -0.493 e. The van der Waals surface area contributed by atoms with Crippen molar-refractivity contribution in [3.05, 3.63) is 17.7 Å². The average Bonchev–Trinajstić information content (AvgIpc) is 2.56. The highest BCUT2D eigenvalue weighted by atomic mass is 16.5. The number of ether oxygens (including phenoxy) is 3. The second-order valence-corrected chi connectivity index (χ2v) is 5.70. The molecule has 1 rings (SSSR count). The van der Waals surface area contributed by atoms with Gasteiger partial charge >= 0.3 is 5.97 Å². The van der Waals surface area contributed by atoms with E-state index in [2.05, 4.69) is 0 Å². The van der Waals surface area contributed by atoms with Gasteiger partial charge in [-0.2, -0.15) is 0 Å². The molecule has 1 aromatic carbocycles. The third-order valence-electron chi connectivity index (χ3n) is 4.37. The number of carboxylic acids is 1. The minimum atomic E-state index is -0.856. The fourth-order valence-corrected chi connectivity index (χ4v) is 2.74. The van der Waals surface area contributed by atoms with Gasteiger partial charge in [-0.1, -0.05) is 19.9 Å². The Hall–Kier alpha value is -1.95. The Morgan fingerprint density at radius 2 is 1.74 bits per heavy atom. The van der Waals surface area contributed by atoms with Gasteiger partial charge in [0.2, 0.25) is 5.75 Å². The zero-order valence-electron chi connectivity index (χ0n) is 14.5. The van der Waals surface area contributed by atoms with Crippen molar-refractivity contribution in [1.29, 1.82) is 0 Å². The summed E-state index contributed by atoms with van der Waals surface area (Å²) >= 11 is 0. The van der Waals surface area contributed by atoms with Crippen molar-refractivity contribution in [2.75, 3.05) is 27.9 Å². The highest BCUT2D eigenvalue weighted by Gasteiger charge is 2.27. The van der Waals surface area contributed by atoms with E-state index in [4.69, 9.17) is 19.9 Å². The topological polar surface area (TPSA) is 91.0 Å². The van der Waals surface area contributed by atoms with Crippen molar-refractivity contribution in [3.63, 3.8) is 0 Å². The first-order chi connectivity index (χ1) is 10.9. The first kappa shape index (κ1) is 19.1. The Bertz CT molecular complexity index is 532. The van der Waals surface area contributed by atoms with Crippen LogP contribution in [0.3, 0.4) is 0 Å². The summed E-state index contributed by atoms with van der Waals surface area (Å²) in [4.78, 5) is 11.2. The maximum atomic E-state index is 11.2. The average molecular weight is 325 g/mol. The second kappa shape index (κ2) is 8.62. The minimum absolute atomic E-state index is 0.0816. The number of benzene rings is 1. The van der Waals surface area contributed by atoms with E-state index in [1.807, 2.05) is 26.0 Å². The molecule has 1 aromatic rings. The van der Waals surface area contributed by atoms with Crippen LogP contribution in [-0.4, -0.2) is 38.9 Å². The van der Waals surface area contributed by atoms with Gasteiger partial charge in [-0.25, -0.2) is 0 Å². The van der Waals surface area contributed by atoms with Gasteiger partial charge < -0.3 is 25.1 Å². The number of carboxylic acid groups (broad SMARTS) is 1. The zero-order valence-corrected chi connectivity index (χ0v) is 14.5. The van der Waals surface area contributed by atoms with E-state index in [9.17, 15) is 9.90 Å². The predicted octanol–water partition coefficient (Wildman–Crippen LogP) is 2.50. The van der Waals surface area contributed by atoms with E-state index in [1.54, 1.807) is 21.3 Å². The lowest BCUT2D eigenvalue weighted by atomic mass is 9.82. The Kier molecular flexibility index (Phi) is 7.16. The summed E-state index contributed by atoms with van der Waals surface area (Å²) in [5.74, 6) is 0.554. The summed E-state index contributed by atoms with van der Waals surface area (Å²) < 4.78 is 16.2. The summed E-state index contributed by atoms with van der Waals surface area (Å²) in [5, 5.41) is 9.18. The van der Waals surface area contributed by atoms with Crippen LogP contribution in [0.4, 0.5) is 0 Å². The van der Waals surface area contributed by atoms with Crippen LogP contribution in [0.25, 0.3) is 0 Å². The molecule has 0 heterocycles. The van der Waals surface area contributed by atoms with Gasteiger partial charge in [0.05, 0.1) is 27.2 Å². The Morgan fingerprint density at radius 1 is 1.13 bits per heavy atom. The number of rotatable bonds is 9. The van der Waals surface area contributed by atoms with Crippen molar-refractivity contribution >= 4 is 5.97 Å². The van der Waals surface area contributed by atoms with Crippen molar-refractivity contribution in [2.45, 2.75) is 26.2 Å². The third-order valence-corrected chi connectivity index (χ3v) is 4.37. The van der Waals surface area contributed by atoms with E-state index >= 15 is 0 Å². The van der Waals surface area contributed by atoms with E-state index in [1.165, 1.54) is 0 Å². The molecule has 6 heteroatoms. The molecule has 0 radical (unpaired) electrons. The van der Waals surface area contributed by atoms with Crippen LogP contribution in [0.2, 0.25) is 0 Å². The van der Waals surface area contributed by atoms with E-state index in [0.29, 0.717) is 23.7 Å². The molecular formula is C17H27NO5. The van der Waals surface area contributed by atoms with E-state index in [0.717, 1.165) is 5.56 Å². The molecule has 0 aliphatic heterocycles. The van der Waals surface area contributed by atoms with Gasteiger partial charge in [0.1, 0.15) is 0 Å². The van der Waals surface area contributed by atoms with Crippen LogP contribution in [0.1, 0.15) is 31.7 Å². The standard InChI is InChI=1S/C17H27NO5/c1-10(8-12(9-18)17(19)20)11(2)13-6-7-14(21-3)16(23-5)15(13)22-4/h6-7,10-12H,8-9,18H2,1-5H3,(H,19,20). The van der Waals surface area contributed by atoms with Gasteiger partial charge in [-0.05, 0) is 24.3 Å². The number of nitrogens with two attached hydrogens (primary N) is 1. The van der Waals surface area contributed by atoms with Crippen molar-refractivity contribution in [3.8, 4) is 17.2 Å². The molecule has 3 N–H and O–H groups in total. The third kappa shape index (κ3) is 4.28. The maximum Gasteiger partial charge on any atom is 0.307 e. The summed E-state index contributed by atoms with van der Waals surface area (Å²) in [5.41, 5.74) is 6.52. The molecule has 0 amide bonds. The van der Waals surface area contributed by atoms with Crippen LogP contribution in [0, 0.1) is 11.8 Å². The van der Waals surface area contributed by atoms with E-state index in [-0.39, 0.29) is 18.4 Å². The van der Waals surface area contributed by atoms with Crippen molar-refractivity contribution < 1.29 is 24.1 Å². The molecule has 0 saturated heterocycles. The monoisotopic (exact) mass is 325 g/mol. The normalized spacial score (nSPS) is 14.7. The molecule has 3 unspecified atom stereocenters. The summed E-state index contributed by atoms with van der Waals surface area (Å²) in [6.07, 6.45) is 0.504. The highest BCUT2D eigenvalue weighted by Crippen LogP contribution is 2.44. The van der Waals surface area contributed by atoms with Gasteiger partial charge in [-0.3, -0.25) is 4.79 Å². The molecule has 0 bridgehead atoms. The lowest BCUT2D eigenvalue weighted by Crippen LogP contribution is -2.26. The molecule has 0 aliphatic rings. The quantitative estimate of drug-likeness (QED) is 0.725. The molecule has 130 valence electrons. The molecule has 0 spiro atoms. The van der Waals surface area contributed by atoms with Crippen molar-refractivity contribution in [2.24, 2.45) is 17.6 Å². The van der Waals surface area contributed by atoms with Crippen LogP contribution < -0.4 is 19.9 Å². The molecule has 0 saturated carbocycles. The first-order valence-electron chi connectivity index (χ1n) is 7.62. The SMILES string of the molecule is COc1ccc(C(C)C(C)CC(CN)C(=O)O)c(OC)c1OC. The number of methoxy groups -OCH3 is 3.